The maximum Gasteiger partial charge on any atom is 0.254 e. The zero-order valence-electron chi connectivity index (χ0n) is 23.9. The minimum atomic E-state index is 0.124. The van der Waals surface area contributed by atoms with E-state index in [9.17, 15) is 4.79 Å². The smallest absolute Gasteiger partial charge is 0.254 e. The van der Waals surface area contributed by atoms with Crippen molar-refractivity contribution in [2.45, 2.75) is 44.6 Å². The van der Waals surface area contributed by atoms with E-state index in [-0.39, 0.29) is 18.7 Å². The Kier molecular flexibility index (Phi) is 6.48. The van der Waals surface area contributed by atoms with E-state index in [1.165, 1.54) is 24.1 Å². The second-order valence-corrected chi connectivity index (χ2v) is 12.0. The Morgan fingerprint density at radius 2 is 1.67 bits per heavy atom. The second-order valence-electron chi connectivity index (χ2n) is 12.0. The number of rotatable bonds is 5. The van der Waals surface area contributed by atoms with Gasteiger partial charge in [0.15, 0.2) is 11.5 Å². The van der Waals surface area contributed by atoms with E-state index in [0.29, 0.717) is 0 Å². The fourth-order valence-electron chi connectivity index (χ4n) is 7.27. The predicted octanol–water partition coefficient (Wildman–Crippen LogP) is 6.42. The number of amides is 1. The van der Waals surface area contributed by atoms with E-state index >= 15 is 0 Å². The van der Waals surface area contributed by atoms with E-state index in [1.807, 2.05) is 12.1 Å². The van der Waals surface area contributed by atoms with Crippen LogP contribution in [0.3, 0.4) is 0 Å². The maximum absolute atomic E-state index is 14.6. The van der Waals surface area contributed by atoms with Crippen molar-refractivity contribution < 1.29 is 14.3 Å². The third-order valence-corrected chi connectivity index (χ3v) is 9.42. The van der Waals surface area contributed by atoms with Gasteiger partial charge in [-0.15, -0.1) is 0 Å². The molecule has 7 nitrogen and oxygen atoms in total. The predicted molar refractivity (Wildman–Crippen MR) is 165 cm³/mol. The second kappa shape index (κ2) is 10.6. The normalized spacial score (nSPS) is 20.0. The lowest BCUT2D eigenvalue weighted by Crippen LogP contribution is -2.42. The van der Waals surface area contributed by atoms with Crippen LogP contribution in [0.25, 0.3) is 22.0 Å². The summed E-state index contributed by atoms with van der Waals surface area (Å²) in [6.07, 6.45) is 6.78. The minimum absolute atomic E-state index is 0.124. The van der Waals surface area contributed by atoms with Crippen molar-refractivity contribution in [3.63, 3.8) is 0 Å². The fraction of sp³-hybridized carbons (Fsp3) is 0.371. The standard InChI is InChI=1S/C35H36N4O3/c40-35(38-17-6-9-27(38)22-37-15-3-4-16-37)29-21-34(39-18-5-8-24-7-1-2-10-31(24)39)36-30-13-11-25(19-28(29)30)26-12-14-32-33(20-26)42-23-41-32/h1-2,7,10-14,19-21,27H,3-6,8-9,15-18,22-23H2/t27-/m0/s1. The van der Waals surface area contributed by atoms with Crippen molar-refractivity contribution >= 4 is 28.3 Å². The number of benzene rings is 3. The Balaban J connectivity index is 1.23. The number of para-hydroxylation sites is 1. The zero-order chi connectivity index (χ0) is 28.0. The van der Waals surface area contributed by atoms with Crippen LogP contribution in [0.15, 0.2) is 66.7 Å². The average Bonchev–Trinajstić information content (AvgIpc) is 3.82. The third-order valence-electron chi connectivity index (χ3n) is 9.42. The number of likely N-dealkylation sites (tertiary alicyclic amines) is 2. The van der Waals surface area contributed by atoms with Crippen LogP contribution in [0.5, 0.6) is 11.5 Å². The Morgan fingerprint density at radius 3 is 2.60 bits per heavy atom. The summed E-state index contributed by atoms with van der Waals surface area (Å²) in [6, 6.07) is 23.2. The number of hydrogen-bond donors (Lipinski definition) is 0. The number of pyridine rings is 1. The van der Waals surface area contributed by atoms with Crippen molar-refractivity contribution in [3.8, 4) is 22.6 Å². The number of anilines is 2. The number of fused-ring (bicyclic) bond motifs is 3. The Labute approximate surface area is 246 Å². The van der Waals surface area contributed by atoms with Crippen molar-refractivity contribution in [2.75, 3.05) is 44.4 Å². The van der Waals surface area contributed by atoms with Crippen molar-refractivity contribution in [1.82, 2.24) is 14.8 Å². The van der Waals surface area contributed by atoms with Crippen LogP contribution in [0.2, 0.25) is 0 Å². The number of hydrogen-bond acceptors (Lipinski definition) is 6. The molecule has 214 valence electrons. The van der Waals surface area contributed by atoms with Gasteiger partial charge < -0.3 is 24.2 Å². The maximum atomic E-state index is 14.6. The van der Waals surface area contributed by atoms with Gasteiger partial charge in [0.1, 0.15) is 5.82 Å². The van der Waals surface area contributed by atoms with Gasteiger partial charge in [0.2, 0.25) is 6.79 Å². The van der Waals surface area contributed by atoms with Crippen molar-refractivity contribution in [2.24, 2.45) is 0 Å². The van der Waals surface area contributed by atoms with Crippen LogP contribution in [0, 0.1) is 0 Å². The summed E-state index contributed by atoms with van der Waals surface area (Å²) in [7, 11) is 0. The molecule has 2 saturated heterocycles. The van der Waals surface area contributed by atoms with Crippen molar-refractivity contribution in [3.05, 3.63) is 77.9 Å². The Hall–Kier alpha value is -4.10. The molecular formula is C35H36N4O3. The molecule has 4 aromatic rings. The van der Waals surface area contributed by atoms with E-state index < -0.39 is 0 Å². The van der Waals surface area contributed by atoms with Gasteiger partial charge in [0, 0.05) is 36.7 Å². The Bertz CT molecular complexity index is 1660. The molecule has 0 saturated carbocycles. The number of aromatic nitrogens is 1. The quantitative estimate of drug-likeness (QED) is 0.281. The lowest BCUT2D eigenvalue weighted by atomic mass is 9.98. The summed E-state index contributed by atoms with van der Waals surface area (Å²) in [5, 5.41) is 0.899. The van der Waals surface area contributed by atoms with Gasteiger partial charge in [-0.05, 0) is 105 Å². The van der Waals surface area contributed by atoms with Crippen LogP contribution < -0.4 is 14.4 Å². The van der Waals surface area contributed by atoms with Gasteiger partial charge >= 0.3 is 0 Å². The molecular weight excluding hydrogens is 524 g/mol. The van der Waals surface area contributed by atoms with Gasteiger partial charge in [-0.25, -0.2) is 4.98 Å². The highest BCUT2D eigenvalue weighted by Gasteiger charge is 2.33. The molecule has 3 aromatic carbocycles. The van der Waals surface area contributed by atoms with Crippen LogP contribution in [-0.4, -0.2) is 66.2 Å². The molecule has 0 spiro atoms. The highest BCUT2D eigenvalue weighted by molar-refractivity contribution is 6.08. The molecule has 1 aromatic heterocycles. The molecule has 0 radical (unpaired) electrons. The zero-order valence-corrected chi connectivity index (χ0v) is 23.9. The summed E-state index contributed by atoms with van der Waals surface area (Å²) < 4.78 is 11.2. The summed E-state index contributed by atoms with van der Waals surface area (Å²) >= 11 is 0. The number of carbonyl (C=O) groups is 1. The molecule has 4 aliphatic heterocycles. The highest BCUT2D eigenvalue weighted by atomic mass is 16.7. The van der Waals surface area contributed by atoms with Gasteiger partial charge in [-0.1, -0.05) is 30.3 Å². The molecule has 8 rings (SSSR count). The number of nitrogens with zero attached hydrogens (tertiary/aromatic N) is 4. The lowest BCUT2D eigenvalue weighted by molar-refractivity contribution is 0.0710. The van der Waals surface area contributed by atoms with Crippen LogP contribution in [-0.2, 0) is 6.42 Å². The van der Waals surface area contributed by atoms with Crippen LogP contribution >= 0.6 is 0 Å². The molecule has 0 bridgehead atoms. The molecule has 0 aliphatic carbocycles. The minimum Gasteiger partial charge on any atom is -0.454 e. The molecule has 42 heavy (non-hydrogen) atoms. The summed E-state index contributed by atoms with van der Waals surface area (Å²) in [6.45, 7) is 5.21. The van der Waals surface area contributed by atoms with Gasteiger partial charge in [-0.3, -0.25) is 4.79 Å². The molecule has 0 N–H and O–H groups in total. The van der Waals surface area contributed by atoms with Gasteiger partial charge in [0.05, 0.1) is 11.1 Å². The van der Waals surface area contributed by atoms with Crippen molar-refractivity contribution in [1.29, 1.82) is 0 Å². The number of aryl methyl sites for hydroxylation is 1. The molecule has 4 aliphatic rings. The monoisotopic (exact) mass is 560 g/mol. The van der Waals surface area contributed by atoms with Gasteiger partial charge in [-0.2, -0.15) is 0 Å². The fourth-order valence-corrected chi connectivity index (χ4v) is 7.27. The molecule has 1 atom stereocenters. The van der Waals surface area contributed by atoms with Crippen LogP contribution in [0.4, 0.5) is 11.5 Å². The van der Waals surface area contributed by atoms with E-state index in [4.69, 9.17) is 14.5 Å². The third kappa shape index (κ3) is 4.56. The first kappa shape index (κ1) is 25.6. The first-order valence-electron chi connectivity index (χ1n) is 15.4. The Morgan fingerprint density at radius 1 is 0.833 bits per heavy atom. The van der Waals surface area contributed by atoms with Crippen LogP contribution in [0.1, 0.15) is 48.0 Å². The lowest BCUT2D eigenvalue weighted by Gasteiger charge is -2.32. The molecule has 1 amide bonds. The van der Waals surface area contributed by atoms with E-state index in [2.05, 4.69) is 69.3 Å². The van der Waals surface area contributed by atoms with Gasteiger partial charge in [0.25, 0.3) is 5.91 Å². The average molecular weight is 561 g/mol. The van der Waals surface area contributed by atoms with E-state index in [0.717, 1.165) is 103 Å². The topological polar surface area (TPSA) is 58.1 Å². The summed E-state index contributed by atoms with van der Waals surface area (Å²) in [5.41, 5.74) is 6.18. The first-order chi connectivity index (χ1) is 20.7. The molecule has 2 fully saturated rings. The molecule has 5 heterocycles. The first-order valence-corrected chi connectivity index (χ1v) is 15.4. The highest BCUT2D eigenvalue weighted by Crippen LogP contribution is 2.39. The summed E-state index contributed by atoms with van der Waals surface area (Å²) in [4.78, 5) is 26.7. The SMILES string of the molecule is O=C(c1cc(N2CCCc3ccccc32)nc2ccc(-c3ccc4c(c3)OCO4)cc12)N1CCC[C@H]1CN1CCCC1. The summed E-state index contributed by atoms with van der Waals surface area (Å²) in [5.74, 6) is 2.49. The van der Waals surface area contributed by atoms with E-state index in [1.54, 1.807) is 0 Å². The number of ether oxygens (including phenoxy) is 2. The molecule has 7 heteroatoms. The largest absolute Gasteiger partial charge is 0.454 e. The molecule has 0 unspecified atom stereocenters. The number of carbonyl (C=O) groups excluding carboxylic acids is 1.